The van der Waals surface area contributed by atoms with E-state index in [1.807, 2.05) is 0 Å². The lowest BCUT2D eigenvalue weighted by molar-refractivity contribution is -0.0968. The van der Waals surface area contributed by atoms with Crippen LogP contribution in [0, 0.1) is 0 Å². The van der Waals surface area contributed by atoms with Crippen molar-refractivity contribution in [3.05, 3.63) is 47.2 Å². The Morgan fingerprint density at radius 3 is 2.91 bits per heavy atom. The first kappa shape index (κ1) is 23.3. The standard InChI is InChI=1S/C19H20BrN6O7P/c1-19(29)14(27)13(32-18(19)26-8-25-12-15(21)23-7-24-16(12)26)17(28)34(30)31-3-2-11(33-34)9-4-10(20)6-22-5-9/h2,4-8,13-14,17-18,27-29H,3H2,1H3,(H2,21,23,24)/t13-,14+,17?,18+,19+,34?/m0/s1. The zero-order valence-electron chi connectivity index (χ0n) is 17.6. The predicted octanol–water partition coefficient (Wildman–Crippen LogP) is 1.17. The second kappa shape index (κ2) is 8.34. The number of imidazole rings is 1. The number of nitrogen functional groups attached to an aromatic ring is 1. The average molecular weight is 555 g/mol. The average Bonchev–Trinajstić information content (AvgIpc) is 3.33. The van der Waals surface area contributed by atoms with Crippen LogP contribution in [0.4, 0.5) is 5.82 Å². The minimum absolute atomic E-state index is 0.119. The van der Waals surface area contributed by atoms with Crippen molar-refractivity contribution in [3.8, 4) is 0 Å². The highest BCUT2D eigenvalue weighted by Crippen LogP contribution is 2.60. The maximum atomic E-state index is 13.5. The highest BCUT2D eigenvalue weighted by Gasteiger charge is 2.60. The van der Waals surface area contributed by atoms with Crippen LogP contribution in [-0.2, 0) is 18.3 Å². The summed E-state index contributed by atoms with van der Waals surface area (Å²) in [5.74, 6) is -1.63. The van der Waals surface area contributed by atoms with Crippen LogP contribution in [-0.4, -0.2) is 70.1 Å². The maximum Gasteiger partial charge on any atom is 0.410 e. The molecule has 2 aliphatic rings. The Bertz CT molecular complexity index is 1330. The van der Waals surface area contributed by atoms with E-state index in [4.69, 9.17) is 19.5 Å². The number of anilines is 1. The number of halogens is 1. The number of hydrogen-bond donors (Lipinski definition) is 4. The summed E-state index contributed by atoms with van der Waals surface area (Å²) in [5.41, 5.74) is 4.89. The molecule has 6 atom stereocenters. The Morgan fingerprint density at radius 1 is 1.35 bits per heavy atom. The maximum absolute atomic E-state index is 13.5. The van der Waals surface area contributed by atoms with Crippen molar-refractivity contribution in [2.24, 2.45) is 0 Å². The highest BCUT2D eigenvalue weighted by molar-refractivity contribution is 9.10. The molecule has 5 heterocycles. The van der Waals surface area contributed by atoms with Crippen molar-refractivity contribution in [2.45, 2.75) is 36.8 Å². The summed E-state index contributed by atoms with van der Waals surface area (Å²) in [5, 5.41) is 32.9. The normalized spacial score (nSPS) is 32.4. The van der Waals surface area contributed by atoms with E-state index in [1.165, 1.54) is 30.3 Å². The fourth-order valence-electron chi connectivity index (χ4n) is 3.91. The zero-order chi connectivity index (χ0) is 24.3. The van der Waals surface area contributed by atoms with Gasteiger partial charge in [-0.3, -0.25) is 14.1 Å². The molecule has 0 spiro atoms. The van der Waals surface area contributed by atoms with Gasteiger partial charge in [0.1, 0.15) is 35.4 Å². The van der Waals surface area contributed by atoms with E-state index in [9.17, 15) is 19.9 Å². The van der Waals surface area contributed by atoms with Crippen molar-refractivity contribution in [1.29, 1.82) is 0 Å². The molecule has 180 valence electrons. The minimum atomic E-state index is -4.27. The molecule has 34 heavy (non-hydrogen) atoms. The highest BCUT2D eigenvalue weighted by atomic mass is 79.9. The van der Waals surface area contributed by atoms with Crippen LogP contribution in [0.15, 0.2) is 41.7 Å². The summed E-state index contributed by atoms with van der Waals surface area (Å²) >= 11 is 3.31. The Balaban J connectivity index is 1.44. The number of aromatic nitrogens is 5. The monoisotopic (exact) mass is 554 g/mol. The number of nitrogens with two attached hydrogens (primary N) is 1. The number of rotatable bonds is 4. The Hall–Kier alpha value is -2.45. The molecule has 3 aromatic rings. The first-order valence-electron chi connectivity index (χ1n) is 10.0. The molecule has 1 saturated heterocycles. The molecule has 0 aliphatic carbocycles. The van der Waals surface area contributed by atoms with E-state index < -0.39 is 37.5 Å². The fraction of sp³-hybridized carbons (Fsp3) is 0.368. The SMILES string of the molecule is C[C@@]1(O)[C@H](O)[C@@H](C(O)P2(=O)OCC=C(c3cncc(Br)c3)O2)O[C@H]1n1cnc2c(N)ncnc21. The van der Waals surface area contributed by atoms with Crippen molar-refractivity contribution in [2.75, 3.05) is 12.3 Å². The molecule has 5 rings (SSSR count). The predicted molar refractivity (Wildman–Crippen MR) is 121 cm³/mol. The number of hydrogen-bond acceptors (Lipinski definition) is 12. The third-order valence-corrected chi connectivity index (χ3v) is 8.03. The summed E-state index contributed by atoms with van der Waals surface area (Å²) in [6.07, 6.45) is 2.66. The lowest BCUT2D eigenvalue weighted by atomic mass is 9.96. The van der Waals surface area contributed by atoms with Crippen LogP contribution in [0.25, 0.3) is 16.9 Å². The molecule has 1 fully saturated rings. The van der Waals surface area contributed by atoms with Gasteiger partial charge in [-0.1, -0.05) is 0 Å². The van der Waals surface area contributed by atoms with E-state index in [0.717, 1.165) is 0 Å². The van der Waals surface area contributed by atoms with Crippen LogP contribution in [0.2, 0.25) is 0 Å². The summed E-state index contributed by atoms with van der Waals surface area (Å²) in [4.78, 5) is 16.2. The van der Waals surface area contributed by atoms with Crippen LogP contribution < -0.4 is 5.73 Å². The van der Waals surface area contributed by atoms with Crippen LogP contribution in [0.3, 0.4) is 0 Å². The lowest BCUT2D eigenvalue weighted by Crippen LogP contribution is -2.46. The van der Waals surface area contributed by atoms with Gasteiger partial charge in [0.05, 0.1) is 12.9 Å². The molecule has 0 amide bonds. The van der Waals surface area contributed by atoms with Crippen molar-refractivity contribution in [3.63, 3.8) is 0 Å². The van der Waals surface area contributed by atoms with E-state index in [2.05, 4.69) is 35.9 Å². The third-order valence-electron chi connectivity index (χ3n) is 5.69. The largest absolute Gasteiger partial charge is 0.422 e. The van der Waals surface area contributed by atoms with Crippen molar-refractivity contribution >= 4 is 46.3 Å². The second-order valence-electron chi connectivity index (χ2n) is 8.01. The van der Waals surface area contributed by atoms with Gasteiger partial charge < -0.3 is 30.3 Å². The third kappa shape index (κ3) is 3.71. The van der Waals surface area contributed by atoms with Crippen LogP contribution in [0.5, 0.6) is 0 Å². The summed E-state index contributed by atoms with van der Waals surface area (Å²) in [7, 11) is -4.27. The molecule has 0 bridgehead atoms. The summed E-state index contributed by atoms with van der Waals surface area (Å²) in [6.45, 7) is 1.18. The van der Waals surface area contributed by atoms with Crippen LogP contribution >= 0.6 is 23.5 Å². The Labute approximate surface area is 200 Å². The molecule has 13 nitrogen and oxygen atoms in total. The smallest absolute Gasteiger partial charge is 0.410 e. The van der Waals surface area contributed by atoms with Gasteiger partial charge in [0.15, 0.2) is 23.5 Å². The van der Waals surface area contributed by atoms with Crippen molar-refractivity contribution in [1.82, 2.24) is 24.5 Å². The summed E-state index contributed by atoms with van der Waals surface area (Å²) in [6, 6.07) is 1.69. The molecule has 0 radical (unpaired) electrons. The number of pyridine rings is 1. The minimum Gasteiger partial charge on any atom is -0.422 e. The van der Waals surface area contributed by atoms with Gasteiger partial charge in [-0.05, 0) is 35.0 Å². The first-order valence-corrected chi connectivity index (χ1v) is 12.4. The number of aliphatic hydroxyl groups is 3. The second-order valence-corrected chi connectivity index (χ2v) is 11.0. The molecular formula is C19H20BrN6O7P. The topological polar surface area (TPSA) is 188 Å². The zero-order valence-corrected chi connectivity index (χ0v) is 20.1. The number of nitrogens with zero attached hydrogens (tertiary/aromatic N) is 5. The van der Waals surface area contributed by atoms with Gasteiger partial charge in [0.25, 0.3) is 0 Å². The summed E-state index contributed by atoms with van der Waals surface area (Å²) < 4.78 is 32.2. The molecule has 15 heteroatoms. The molecule has 3 aromatic heterocycles. The van der Waals surface area contributed by atoms with Crippen LogP contribution in [0.1, 0.15) is 18.7 Å². The van der Waals surface area contributed by atoms with E-state index >= 15 is 0 Å². The first-order chi connectivity index (χ1) is 16.1. The van der Waals surface area contributed by atoms with Crippen molar-refractivity contribution < 1.29 is 33.7 Å². The lowest BCUT2D eigenvalue weighted by Gasteiger charge is -2.31. The fourth-order valence-corrected chi connectivity index (χ4v) is 5.91. The molecular weight excluding hydrogens is 535 g/mol. The number of fused-ring (bicyclic) bond motifs is 1. The quantitative estimate of drug-likeness (QED) is 0.337. The molecule has 5 N–H and O–H groups in total. The molecule has 0 aromatic carbocycles. The number of aliphatic hydroxyl groups excluding tert-OH is 2. The Morgan fingerprint density at radius 2 is 2.15 bits per heavy atom. The molecule has 2 unspecified atom stereocenters. The van der Waals surface area contributed by atoms with Gasteiger partial charge >= 0.3 is 7.60 Å². The van der Waals surface area contributed by atoms with E-state index in [-0.39, 0.29) is 29.3 Å². The van der Waals surface area contributed by atoms with Gasteiger partial charge in [-0.2, -0.15) is 0 Å². The molecule has 2 aliphatic heterocycles. The van der Waals surface area contributed by atoms with Gasteiger partial charge in [0.2, 0.25) is 0 Å². The van der Waals surface area contributed by atoms with E-state index in [1.54, 1.807) is 18.3 Å². The van der Waals surface area contributed by atoms with E-state index in [0.29, 0.717) is 10.0 Å². The van der Waals surface area contributed by atoms with Gasteiger partial charge in [-0.15, -0.1) is 0 Å². The molecule has 0 saturated carbocycles. The number of ether oxygens (including phenoxy) is 1. The van der Waals surface area contributed by atoms with Gasteiger partial charge in [0, 0.05) is 22.4 Å². The van der Waals surface area contributed by atoms with Gasteiger partial charge in [-0.25, -0.2) is 19.5 Å². The Kier molecular flexibility index (Phi) is 5.72.